The van der Waals surface area contributed by atoms with Crippen LogP contribution >= 0.6 is 12.6 Å². The van der Waals surface area contributed by atoms with Crippen LogP contribution in [0.4, 0.5) is 0 Å². The molecular weight excluding hydrogens is 272 g/mol. The number of aliphatic hydroxyl groups excluding tert-OH is 3. The Labute approximate surface area is 119 Å². The number of aliphatic hydroxyl groups is 3. The highest BCUT2D eigenvalue weighted by Gasteiger charge is 2.43. The van der Waals surface area contributed by atoms with Crippen LogP contribution < -0.4 is 0 Å². The number of thiol groups is 1. The molecule has 0 aromatic carbocycles. The maximum atomic E-state index is 9.78. The molecular formula is C12H24O6S. The van der Waals surface area contributed by atoms with E-state index in [4.69, 9.17) is 14.2 Å². The molecule has 1 aliphatic rings. The maximum Gasteiger partial charge on any atom is 0.186 e. The first-order chi connectivity index (χ1) is 9.11. The van der Waals surface area contributed by atoms with Crippen molar-refractivity contribution in [2.24, 2.45) is 0 Å². The van der Waals surface area contributed by atoms with Crippen LogP contribution in [0.3, 0.4) is 0 Å². The predicted octanol–water partition coefficient (Wildman–Crippen LogP) is -0.443. The van der Waals surface area contributed by atoms with E-state index in [2.05, 4.69) is 12.6 Å². The fourth-order valence-corrected chi connectivity index (χ4v) is 2.16. The first kappa shape index (κ1) is 17.2. The molecule has 7 heteroatoms. The Morgan fingerprint density at radius 2 is 1.79 bits per heavy atom. The third kappa shape index (κ3) is 5.18. The first-order valence-corrected chi connectivity index (χ1v) is 7.16. The molecule has 0 saturated carbocycles. The average molecular weight is 296 g/mol. The number of unbranched alkanes of at least 4 members (excludes halogenated alkanes) is 2. The second-order valence-corrected chi connectivity index (χ2v) is 5.06. The lowest BCUT2D eigenvalue weighted by Crippen LogP contribution is -2.59. The van der Waals surface area contributed by atoms with Gasteiger partial charge >= 0.3 is 0 Å². The molecule has 1 fully saturated rings. The van der Waals surface area contributed by atoms with Gasteiger partial charge in [0, 0.05) is 13.7 Å². The number of rotatable bonds is 8. The molecule has 0 aromatic rings. The summed E-state index contributed by atoms with van der Waals surface area (Å²) < 4.78 is 15.7. The van der Waals surface area contributed by atoms with Crippen LogP contribution in [-0.2, 0) is 14.2 Å². The maximum absolute atomic E-state index is 9.78. The Hall–Kier alpha value is 0.110. The van der Waals surface area contributed by atoms with E-state index in [0.29, 0.717) is 6.61 Å². The van der Waals surface area contributed by atoms with Crippen LogP contribution in [0, 0.1) is 0 Å². The Morgan fingerprint density at radius 1 is 1.05 bits per heavy atom. The lowest BCUT2D eigenvalue weighted by Gasteiger charge is -2.39. The summed E-state index contributed by atoms with van der Waals surface area (Å²) in [7, 11) is 1.37. The van der Waals surface area contributed by atoms with Gasteiger partial charge in [-0.2, -0.15) is 12.6 Å². The van der Waals surface area contributed by atoms with Gasteiger partial charge in [0.15, 0.2) is 6.29 Å². The van der Waals surface area contributed by atoms with Crippen LogP contribution in [0.2, 0.25) is 0 Å². The van der Waals surface area contributed by atoms with Crippen molar-refractivity contribution >= 4 is 12.6 Å². The molecule has 1 rings (SSSR count). The van der Waals surface area contributed by atoms with Crippen LogP contribution in [0.15, 0.2) is 0 Å². The standard InChI is InChI=1S/C12H24O6S/c1-16-12-11(15)10(14)9(13)8(18-12)7-17-5-3-2-4-6-19/h8-15,19H,2-7H2,1H3/t8?,9-,10-,11?,12-/m0/s1. The molecule has 6 nitrogen and oxygen atoms in total. The smallest absolute Gasteiger partial charge is 0.186 e. The van der Waals surface area contributed by atoms with Crippen molar-refractivity contribution in [1.29, 1.82) is 0 Å². The van der Waals surface area contributed by atoms with Gasteiger partial charge in [0.1, 0.15) is 24.4 Å². The van der Waals surface area contributed by atoms with Crippen molar-refractivity contribution in [3.05, 3.63) is 0 Å². The third-order valence-corrected chi connectivity index (χ3v) is 3.45. The quantitative estimate of drug-likeness (QED) is 0.359. The molecule has 0 radical (unpaired) electrons. The summed E-state index contributed by atoms with van der Waals surface area (Å²) in [6.45, 7) is 0.725. The van der Waals surface area contributed by atoms with Crippen molar-refractivity contribution in [1.82, 2.24) is 0 Å². The van der Waals surface area contributed by atoms with Gasteiger partial charge in [-0.05, 0) is 18.6 Å². The third-order valence-electron chi connectivity index (χ3n) is 3.13. The minimum Gasteiger partial charge on any atom is -0.387 e. The van der Waals surface area contributed by atoms with Gasteiger partial charge in [-0.3, -0.25) is 0 Å². The minimum absolute atomic E-state index is 0.158. The van der Waals surface area contributed by atoms with Gasteiger partial charge in [0.05, 0.1) is 6.61 Å². The van der Waals surface area contributed by atoms with E-state index in [9.17, 15) is 15.3 Å². The summed E-state index contributed by atoms with van der Waals surface area (Å²) in [6, 6.07) is 0. The van der Waals surface area contributed by atoms with Crippen molar-refractivity contribution in [2.75, 3.05) is 26.1 Å². The van der Waals surface area contributed by atoms with Gasteiger partial charge in [-0.15, -0.1) is 0 Å². The molecule has 0 aliphatic carbocycles. The average Bonchev–Trinajstić information content (AvgIpc) is 2.42. The van der Waals surface area contributed by atoms with E-state index in [1.54, 1.807) is 0 Å². The van der Waals surface area contributed by atoms with Gasteiger partial charge in [-0.25, -0.2) is 0 Å². The van der Waals surface area contributed by atoms with Gasteiger partial charge in [0.25, 0.3) is 0 Å². The normalized spacial score (nSPS) is 35.5. The van der Waals surface area contributed by atoms with Crippen LogP contribution in [0.1, 0.15) is 19.3 Å². The van der Waals surface area contributed by atoms with Crippen molar-refractivity contribution < 1.29 is 29.5 Å². The predicted molar refractivity (Wildman–Crippen MR) is 72.2 cm³/mol. The second-order valence-electron chi connectivity index (χ2n) is 4.61. The number of methoxy groups -OCH3 is 1. The van der Waals surface area contributed by atoms with Crippen LogP contribution in [-0.4, -0.2) is 72.1 Å². The van der Waals surface area contributed by atoms with Crippen molar-refractivity contribution in [3.8, 4) is 0 Å². The molecule has 5 atom stereocenters. The molecule has 1 aliphatic heterocycles. The summed E-state index contributed by atoms with van der Waals surface area (Å²) >= 11 is 4.12. The Morgan fingerprint density at radius 3 is 2.42 bits per heavy atom. The van der Waals surface area contributed by atoms with Crippen molar-refractivity contribution in [3.63, 3.8) is 0 Å². The van der Waals surface area contributed by atoms with Crippen LogP contribution in [0.5, 0.6) is 0 Å². The summed E-state index contributed by atoms with van der Waals surface area (Å²) in [6.07, 6.45) is -2.38. The van der Waals surface area contributed by atoms with Crippen LogP contribution in [0.25, 0.3) is 0 Å². The molecule has 0 bridgehead atoms. The highest BCUT2D eigenvalue weighted by molar-refractivity contribution is 7.80. The van der Waals surface area contributed by atoms with Gasteiger partial charge in [-0.1, -0.05) is 6.42 Å². The molecule has 3 N–H and O–H groups in total. The van der Waals surface area contributed by atoms with E-state index in [1.165, 1.54) is 7.11 Å². The monoisotopic (exact) mass is 296 g/mol. The Kier molecular flexibility index (Phi) is 8.24. The fourth-order valence-electron chi connectivity index (χ4n) is 1.94. The Bertz CT molecular complexity index is 240. The fraction of sp³-hybridized carbons (Fsp3) is 1.00. The number of ether oxygens (including phenoxy) is 3. The zero-order valence-electron chi connectivity index (χ0n) is 11.1. The first-order valence-electron chi connectivity index (χ1n) is 6.53. The molecule has 0 spiro atoms. The molecule has 0 amide bonds. The van der Waals surface area contributed by atoms with E-state index in [0.717, 1.165) is 25.0 Å². The van der Waals surface area contributed by atoms with Gasteiger partial charge < -0.3 is 29.5 Å². The highest BCUT2D eigenvalue weighted by atomic mass is 32.1. The van der Waals surface area contributed by atoms with E-state index in [1.807, 2.05) is 0 Å². The molecule has 114 valence electrons. The molecule has 19 heavy (non-hydrogen) atoms. The summed E-state index contributed by atoms with van der Waals surface area (Å²) in [4.78, 5) is 0. The lowest BCUT2D eigenvalue weighted by atomic mass is 9.99. The summed E-state index contributed by atoms with van der Waals surface area (Å²) in [5.41, 5.74) is 0. The van der Waals surface area contributed by atoms with E-state index >= 15 is 0 Å². The number of hydrogen-bond acceptors (Lipinski definition) is 7. The lowest BCUT2D eigenvalue weighted by molar-refractivity contribution is -0.296. The highest BCUT2D eigenvalue weighted by Crippen LogP contribution is 2.21. The summed E-state index contributed by atoms with van der Waals surface area (Å²) in [5.74, 6) is 0.865. The Balaban J connectivity index is 2.28. The topological polar surface area (TPSA) is 88.4 Å². The minimum atomic E-state index is -1.29. The second kappa shape index (κ2) is 9.12. The zero-order chi connectivity index (χ0) is 14.3. The molecule has 1 heterocycles. The van der Waals surface area contributed by atoms with Crippen molar-refractivity contribution in [2.45, 2.75) is 50.0 Å². The van der Waals surface area contributed by atoms with Gasteiger partial charge in [0.2, 0.25) is 0 Å². The van der Waals surface area contributed by atoms with E-state index < -0.39 is 30.7 Å². The summed E-state index contributed by atoms with van der Waals surface area (Å²) in [5, 5.41) is 29.0. The largest absolute Gasteiger partial charge is 0.387 e. The number of hydrogen-bond donors (Lipinski definition) is 4. The molecule has 0 aromatic heterocycles. The van der Waals surface area contributed by atoms with E-state index in [-0.39, 0.29) is 6.61 Å². The molecule has 2 unspecified atom stereocenters. The SMILES string of the molecule is CO[C@H]1OC(COCCCCCS)[C@H](O)[C@H](O)C1O. The molecule has 1 saturated heterocycles. The zero-order valence-corrected chi connectivity index (χ0v) is 12.0.